The maximum atomic E-state index is 14.4. The lowest BCUT2D eigenvalue weighted by atomic mass is 9.68. The molecule has 1 fully saturated rings. The van der Waals surface area contributed by atoms with E-state index in [9.17, 15) is 13.8 Å². The zero-order valence-corrected chi connectivity index (χ0v) is 30.7. The first-order valence-electron chi connectivity index (χ1n) is 17.2. The molecular formula is C38H44ClN3O5S2. The van der Waals surface area contributed by atoms with Gasteiger partial charge in [0.2, 0.25) is 0 Å². The van der Waals surface area contributed by atoms with Gasteiger partial charge in [-0.2, -0.15) is 0 Å². The molecule has 11 heteroatoms. The van der Waals surface area contributed by atoms with Crippen LogP contribution in [0.25, 0.3) is 0 Å². The molecule has 2 aromatic carbocycles. The molecule has 8 nitrogen and oxygen atoms in total. The van der Waals surface area contributed by atoms with Gasteiger partial charge < -0.3 is 14.4 Å². The smallest absolute Gasteiger partial charge is 0.286 e. The second-order valence-corrected chi connectivity index (χ2v) is 17.7. The van der Waals surface area contributed by atoms with Crippen LogP contribution in [0.15, 0.2) is 64.4 Å². The van der Waals surface area contributed by atoms with E-state index < -0.39 is 21.7 Å². The minimum atomic E-state index is -3.47. The van der Waals surface area contributed by atoms with Gasteiger partial charge in [-0.3, -0.25) is 14.3 Å². The van der Waals surface area contributed by atoms with Gasteiger partial charge in [0, 0.05) is 36.2 Å². The summed E-state index contributed by atoms with van der Waals surface area (Å²) in [6.07, 6.45) is 9.97. The highest BCUT2D eigenvalue weighted by Gasteiger charge is 2.44. The summed E-state index contributed by atoms with van der Waals surface area (Å²) in [6.45, 7) is 5.90. The van der Waals surface area contributed by atoms with E-state index in [1.807, 2.05) is 37.4 Å². The molecule has 1 saturated carbocycles. The fraction of sp³-hybridized carbons (Fsp3) is 0.474. The molecule has 1 spiro atoms. The molecule has 49 heavy (non-hydrogen) atoms. The summed E-state index contributed by atoms with van der Waals surface area (Å²) in [5.41, 5.74) is 4.39. The monoisotopic (exact) mass is 721 g/mol. The van der Waals surface area contributed by atoms with Crippen LogP contribution >= 0.6 is 22.9 Å². The van der Waals surface area contributed by atoms with Crippen molar-refractivity contribution in [3.05, 3.63) is 92.2 Å². The maximum Gasteiger partial charge on any atom is 0.286 e. The Morgan fingerprint density at radius 1 is 1.20 bits per heavy atom. The molecule has 4 aliphatic rings. The van der Waals surface area contributed by atoms with Gasteiger partial charge in [-0.25, -0.2) is 4.21 Å². The normalized spacial score (nSPS) is 30.5. The number of thiophene rings is 1. The number of allylic oxidation sites excluding steroid dienone is 1. The topological polar surface area (TPSA) is 97.3 Å². The first kappa shape index (κ1) is 34.3. The highest BCUT2D eigenvalue weighted by molar-refractivity contribution is 7.92. The average molecular weight is 722 g/mol. The highest BCUT2D eigenvalue weighted by atomic mass is 35.5. The molecule has 1 aromatic heterocycles. The van der Waals surface area contributed by atoms with Gasteiger partial charge in [0.15, 0.2) is 0 Å². The fourth-order valence-electron chi connectivity index (χ4n) is 8.11. The summed E-state index contributed by atoms with van der Waals surface area (Å²) in [5.74, 6) is 0.266. The Kier molecular flexibility index (Phi) is 9.69. The van der Waals surface area contributed by atoms with Crippen LogP contribution in [0.3, 0.4) is 0 Å². The summed E-state index contributed by atoms with van der Waals surface area (Å²) in [6, 6.07) is 13.4. The lowest BCUT2D eigenvalue weighted by Gasteiger charge is -2.46. The number of anilines is 1. The van der Waals surface area contributed by atoms with E-state index >= 15 is 0 Å². The van der Waals surface area contributed by atoms with Crippen molar-refractivity contribution in [3.63, 3.8) is 0 Å². The van der Waals surface area contributed by atoms with E-state index in [2.05, 4.69) is 38.3 Å². The van der Waals surface area contributed by atoms with Crippen LogP contribution in [-0.2, 0) is 26.5 Å². The largest absolute Gasteiger partial charge is 0.490 e. The molecule has 260 valence electrons. The molecule has 1 N–H and O–H groups in total. The van der Waals surface area contributed by atoms with E-state index in [1.165, 1.54) is 22.5 Å². The number of nitrogens with zero attached hydrogens (tertiary/aromatic N) is 2. The minimum absolute atomic E-state index is 0.0367. The van der Waals surface area contributed by atoms with Crippen molar-refractivity contribution in [1.29, 1.82) is 0 Å². The number of ether oxygens (including phenoxy) is 2. The molecule has 2 aliphatic carbocycles. The van der Waals surface area contributed by atoms with Crippen LogP contribution in [0.2, 0.25) is 5.02 Å². The van der Waals surface area contributed by atoms with Crippen LogP contribution in [0, 0.1) is 24.7 Å². The number of carbonyl (C=O) groups excluding carboxylic acids is 2. The maximum absolute atomic E-state index is 14.4. The summed E-state index contributed by atoms with van der Waals surface area (Å²) < 4.78 is 34.1. The number of methoxy groups -OCH3 is 1. The minimum Gasteiger partial charge on any atom is -0.490 e. The van der Waals surface area contributed by atoms with Crippen molar-refractivity contribution in [3.8, 4) is 5.75 Å². The molecule has 2 aliphatic heterocycles. The number of aryl methyl sites for hydroxylation is 2. The van der Waals surface area contributed by atoms with Gasteiger partial charge in [0.05, 0.1) is 29.0 Å². The number of carbonyl (C=O) groups is 2. The van der Waals surface area contributed by atoms with Gasteiger partial charge in [0.1, 0.15) is 15.7 Å². The predicted molar refractivity (Wildman–Crippen MR) is 196 cm³/mol. The zero-order chi connectivity index (χ0) is 34.3. The standard InChI is InChI=1S/C38H44ClN3O5S2/c1-24-6-4-8-33(46-3)30-12-9-28(30)19-42-22-38(15-5-7-26-17-29(39)11-13-31(26)38)23-47-34-14-10-27(18-32(34)42)36(43)40-49(45,21-24)41-37(44)35-16-25(2)20-48-35/h4,8,10-11,13-14,16-18,20,24,28,30,33H,5-7,9,12,15,19,21-23H2,1-3H3,(H,40,41,43,44,45)/b8-4-/t24-,28-,30+,33-,38-,49?/m0/s1. The highest BCUT2D eigenvalue weighted by Crippen LogP contribution is 2.47. The Labute approximate surface area is 298 Å². The molecule has 6 atom stereocenters. The molecule has 0 saturated heterocycles. The predicted octanol–water partition coefficient (Wildman–Crippen LogP) is 7.77. The Balaban J connectivity index is 1.31. The van der Waals surface area contributed by atoms with Gasteiger partial charge in [-0.15, -0.1) is 15.7 Å². The number of halogens is 1. The lowest BCUT2D eigenvalue weighted by Crippen LogP contribution is -2.49. The fourth-order valence-corrected chi connectivity index (χ4v) is 11.0. The van der Waals surface area contributed by atoms with Crippen molar-refractivity contribution < 1.29 is 23.3 Å². The number of nitrogens with one attached hydrogen (secondary N) is 1. The second-order valence-electron chi connectivity index (χ2n) is 14.4. The van der Waals surface area contributed by atoms with Crippen molar-refractivity contribution >= 4 is 50.4 Å². The average Bonchev–Trinajstić information content (AvgIpc) is 3.43. The van der Waals surface area contributed by atoms with Gasteiger partial charge in [0.25, 0.3) is 11.8 Å². The van der Waals surface area contributed by atoms with Crippen LogP contribution in [0.1, 0.15) is 75.7 Å². The summed E-state index contributed by atoms with van der Waals surface area (Å²) >= 11 is 7.73. The third-order valence-corrected chi connectivity index (χ3v) is 14.0. The van der Waals surface area contributed by atoms with Gasteiger partial charge in [-0.1, -0.05) is 36.7 Å². The van der Waals surface area contributed by atoms with Crippen molar-refractivity contribution in [2.75, 3.05) is 37.5 Å². The Morgan fingerprint density at radius 3 is 2.82 bits per heavy atom. The number of hydrogen-bond donors (Lipinski definition) is 1. The van der Waals surface area contributed by atoms with E-state index in [0.717, 1.165) is 61.5 Å². The molecule has 2 bridgehead atoms. The molecule has 0 radical (unpaired) electrons. The SMILES string of the molecule is CO[C@H]1/C=C\C[C@H](C)CS(=O)(NC(=O)c2cc(C)cs2)=NC(=O)c2ccc3c(c2)N(C[C@@H]2CC[C@H]21)C[C@@]1(CCCc2cc(Cl)ccc21)CO3. The Hall–Kier alpha value is -3.18. The zero-order valence-electron chi connectivity index (χ0n) is 28.3. The quantitative estimate of drug-likeness (QED) is 0.278. The van der Waals surface area contributed by atoms with Crippen LogP contribution < -0.4 is 14.4 Å². The first-order valence-corrected chi connectivity index (χ1v) is 20.2. The van der Waals surface area contributed by atoms with Gasteiger partial charge >= 0.3 is 0 Å². The summed E-state index contributed by atoms with van der Waals surface area (Å²) in [4.78, 5) is 30.0. The van der Waals surface area contributed by atoms with E-state index in [-0.39, 0.29) is 23.2 Å². The third-order valence-electron chi connectivity index (χ3n) is 10.7. The first-order chi connectivity index (χ1) is 23.5. The lowest BCUT2D eigenvalue weighted by molar-refractivity contribution is 0.0131. The molecule has 3 heterocycles. The van der Waals surface area contributed by atoms with Crippen molar-refractivity contribution in [2.24, 2.45) is 22.1 Å². The summed E-state index contributed by atoms with van der Waals surface area (Å²) in [5, 5.41) is 2.61. The second kappa shape index (κ2) is 13.9. The molecule has 7 rings (SSSR count). The molecule has 2 amide bonds. The number of hydrogen-bond acceptors (Lipinski definition) is 7. The molecule has 1 unspecified atom stereocenters. The van der Waals surface area contributed by atoms with E-state index in [4.69, 9.17) is 21.1 Å². The Morgan fingerprint density at radius 2 is 2.06 bits per heavy atom. The molecule has 3 aromatic rings. The Bertz CT molecular complexity index is 1920. The van der Waals surface area contributed by atoms with E-state index in [0.29, 0.717) is 41.1 Å². The van der Waals surface area contributed by atoms with Crippen molar-refractivity contribution in [1.82, 2.24) is 4.72 Å². The molecular weight excluding hydrogens is 678 g/mol. The van der Waals surface area contributed by atoms with Gasteiger partial charge in [-0.05, 0) is 122 Å². The summed E-state index contributed by atoms with van der Waals surface area (Å²) in [7, 11) is -1.70. The van der Waals surface area contributed by atoms with Crippen LogP contribution in [-0.4, -0.2) is 54.7 Å². The number of amides is 2. The van der Waals surface area contributed by atoms with E-state index in [1.54, 1.807) is 19.2 Å². The van der Waals surface area contributed by atoms with Crippen LogP contribution in [0.4, 0.5) is 5.69 Å². The number of rotatable bonds is 3. The van der Waals surface area contributed by atoms with Crippen molar-refractivity contribution in [2.45, 2.75) is 63.9 Å². The third kappa shape index (κ3) is 7.07. The van der Waals surface area contributed by atoms with Crippen LogP contribution in [0.5, 0.6) is 5.75 Å². The number of benzene rings is 2. The number of fused-ring (bicyclic) bond motifs is 4.